The van der Waals surface area contributed by atoms with Gasteiger partial charge >= 0.3 is 0 Å². The van der Waals surface area contributed by atoms with E-state index in [1.165, 1.54) is 6.07 Å². The van der Waals surface area contributed by atoms with Gasteiger partial charge in [-0.15, -0.1) is 0 Å². The Balaban J connectivity index is 2.31. The first-order valence-electron chi connectivity index (χ1n) is 5.68. The van der Waals surface area contributed by atoms with Crippen molar-refractivity contribution < 1.29 is 4.79 Å². The van der Waals surface area contributed by atoms with E-state index in [0.717, 1.165) is 5.56 Å². The maximum atomic E-state index is 12.2. The van der Waals surface area contributed by atoms with Gasteiger partial charge < -0.3 is 5.32 Å². The van der Waals surface area contributed by atoms with Gasteiger partial charge in [-0.1, -0.05) is 35.3 Å². The van der Waals surface area contributed by atoms with E-state index in [1.807, 2.05) is 19.1 Å². The van der Waals surface area contributed by atoms with Gasteiger partial charge in [0.25, 0.3) is 5.91 Å². The Kier molecular flexibility index (Phi) is 4.08. The number of amides is 1. The summed E-state index contributed by atoms with van der Waals surface area (Å²) >= 11 is 11.9. The number of hydrogen-bond acceptors (Lipinski definition) is 2. The molecular formula is C14H12Cl2N2O. The van der Waals surface area contributed by atoms with Crippen LogP contribution in [0.1, 0.15) is 21.6 Å². The normalized spacial score (nSPS) is 10.3. The molecule has 3 nitrogen and oxygen atoms in total. The second kappa shape index (κ2) is 5.59. The van der Waals surface area contributed by atoms with E-state index in [9.17, 15) is 4.79 Å². The second-order valence-electron chi connectivity index (χ2n) is 4.21. The van der Waals surface area contributed by atoms with Crippen molar-refractivity contribution in [2.45, 2.75) is 13.8 Å². The number of carbonyl (C=O) groups is 1. The molecule has 98 valence electrons. The largest absolute Gasteiger partial charge is 0.320 e. The van der Waals surface area contributed by atoms with Gasteiger partial charge in [0.05, 0.1) is 10.7 Å². The Bertz CT molecular complexity index is 601. The van der Waals surface area contributed by atoms with E-state index < -0.39 is 0 Å². The van der Waals surface area contributed by atoms with Crippen molar-refractivity contribution in [1.29, 1.82) is 0 Å². The van der Waals surface area contributed by atoms with Crippen LogP contribution >= 0.6 is 23.2 Å². The number of anilines is 1. The molecule has 0 unspecified atom stereocenters. The van der Waals surface area contributed by atoms with Crippen LogP contribution in [0, 0.1) is 13.8 Å². The smallest absolute Gasteiger partial charge is 0.255 e. The average molecular weight is 295 g/mol. The van der Waals surface area contributed by atoms with Crippen LogP contribution in [0.4, 0.5) is 5.69 Å². The van der Waals surface area contributed by atoms with E-state index in [-0.39, 0.29) is 5.91 Å². The third kappa shape index (κ3) is 3.25. The molecule has 2 aromatic rings. The Morgan fingerprint density at radius 2 is 1.95 bits per heavy atom. The third-order valence-electron chi connectivity index (χ3n) is 2.64. The van der Waals surface area contributed by atoms with Gasteiger partial charge in [0.2, 0.25) is 0 Å². The zero-order valence-corrected chi connectivity index (χ0v) is 12.0. The molecule has 0 aliphatic heterocycles. The SMILES string of the molecule is Cc1cc(C(=O)Nc2c(C)cccc2Cl)cc(Cl)n1. The fourth-order valence-electron chi connectivity index (χ4n) is 1.74. The van der Waals surface area contributed by atoms with Gasteiger partial charge in [-0.25, -0.2) is 4.98 Å². The van der Waals surface area contributed by atoms with E-state index >= 15 is 0 Å². The van der Waals surface area contributed by atoms with Gasteiger partial charge in [-0.3, -0.25) is 4.79 Å². The molecule has 1 amide bonds. The molecule has 1 aromatic heterocycles. The molecule has 19 heavy (non-hydrogen) atoms. The number of aromatic nitrogens is 1. The number of benzene rings is 1. The third-order valence-corrected chi connectivity index (χ3v) is 3.15. The zero-order chi connectivity index (χ0) is 14.0. The number of halogens is 2. The molecule has 0 aliphatic rings. The summed E-state index contributed by atoms with van der Waals surface area (Å²) in [6.07, 6.45) is 0. The van der Waals surface area contributed by atoms with E-state index in [1.54, 1.807) is 19.1 Å². The Labute approximate surface area is 121 Å². The summed E-state index contributed by atoms with van der Waals surface area (Å²) in [5.74, 6) is -0.261. The predicted octanol–water partition coefficient (Wildman–Crippen LogP) is 4.26. The summed E-state index contributed by atoms with van der Waals surface area (Å²) in [7, 11) is 0. The van der Waals surface area contributed by atoms with Crippen LogP contribution in [-0.2, 0) is 0 Å². The van der Waals surface area contributed by atoms with Gasteiger partial charge in [0.1, 0.15) is 5.15 Å². The van der Waals surface area contributed by atoms with E-state index in [4.69, 9.17) is 23.2 Å². The fourth-order valence-corrected chi connectivity index (χ4v) is 2.25. The summed E-state index contributed by atoms with van der Waals surface area (Å²) in [5.41, 5.74) is 2.66. The number of rotatable bonds is 2. The van der Waals surface area contributed by atoms with E-state index in [2.05, 4.69) is 10.3 Å². The molecule has 0 fully saturated rings. The second-order valence-corrected chi connectivity index (χ2v) is 5.00. The Morgan fingerprint density at radius 3 is 2.58 bits per heavy atom. The number of hydrogen-bond donors (Lipinski definition) is 1. The van der Waals surface area contributed by atoms with Crippen LogP contribution < -0.4 is 5.32 Å². The predicted molar refractivity (Wildman–Crippen MR) is 78.1 cm³/mol. The highest BCUT2D eigenvalue weighted by atomic mass is 35.5. The molecule has 1 heterocycles. The number of nitrogens with zero attached hydrogens (tertiary/aromatic N) is 1. The first-order chi connectivity index (χ1) is 8.97. The molecule has 0 aliphatic carbocycles. The maximum absolute atomic E-state index is 12.2. The molecular weight excluding hydrogens is 283 g/mol. The number of para-hydroxylation sites is 1. The quantitative estimate of drug-likeness (QED) is 0.841. The fraction of sp³-hybridized carbons (Fsp3) is 0.143. The molecule has 0 spiro atoms. The van der Waals surface area contributed by atoms with Crippen LogP contribution in [-0.4, -0.2) is 10.9 Å². The molecule has 0 atom stereocenters. The first kappa shape index (κ1) is 13.8. The lowest BCUT2D eigenvalue weighted by molar-refractivity contribution is 0.102. The van der Waals surface area contributed by atoms with Crippen LogP contribution in [0.15, 0.2) is 30.3 Å². The molecule has 0 saturated heterocycles. The number of nitrogens with one attached hydrogen (secondary N) is 1. The van der Waals surface area contributed by atoms with Gasteiger partial charge in [-0.2, -0.15) is 0 Å². The highest BCUT2D eigenvalue weighted by Gasteiger charge is 2.11. The minimum atomic E-state index is -0.261. The summed E-state index contributed by atoms with van der Waals surface area (Å²) in [6, 6.07) is 8.64. The Hall–Kier alpha value is -1.58. The molecule has 0 bridgehead atoms. The Morgan fingerprint density at radius 1 is 1.21 bits per heavy atom. The maximum Gasteiger partial charge on any atom is 0.255 e. The van der Waals surface area contributed by atoms with Crippen molar-refractivity contribution >= 4 is 34.8 Å². The number of pyridine rings is 1. The molecule has 1 N–H and O–H groups in total. The molecule has 0 radical (unpaired) electrons. The van der Waals surface area contributed by atoms with Gasteiger partial charge in [0, 0.05) is 11.3 Å². The van der Waals surface area contributed by atoms with Crippen LogP contribution in [0.3, 0.4) is 0 Å². The summed E-state index contributed by atoms with van der Waals surface area (Å²) in [5, 5.41) is 3.59. The van der Waals surface area contributed by atoms with Crippen molar-refractivity contribution in [2.75, 3.05) is 5.32 Å². The summed E-state index contributed by atoms with van der Waals surface area (Å²) in [4.78, 5) is 16.2. The van der Waals surface area contributed by atoms with Crippen molar-refractivity contribution in [3.05, 3.63) is 57.3 Å². The monoisotopic (exact) mass is 294 g/mol. The molecule has 5 heteroatoms. The highest BCUT2D eigenvalue weighted by Crippen LogP contribution is 2.26. The lowest BCUT2D eigenvalue weighted by Gasteiger charge is -2.10. The number of carbonyl (C=O) groups excluding carboxylic acids is 1. The number of aryl methyl sites for hydroxylation is 2. The zero-order valence-electron chi connectivity index (χ0n) is 10.5. The molecule has 1 aromatic carbocycles. The van der Waals surface area contributed by atoms with Crippen LogP contribution in [0.25, 0.3) is 0 Å². The van der Waals surface area contributed by atoms with Crippen molar-refractivity contribution in [3.8, 4) is 0 Å². The highest BCUT2D eigenvalue weighted by molar-refractivity contribution is 6.34. The van der Waals surface area contributed by atoms with Crippen molar-refractivity contribution in [3.63, 3.8) is 0 Å². The van der Waals surface area contributed by atoms with Crippen LogP contribution in [0.2, 0.25) is 10.2 Å². The van der Waals surface area contributed by atoms with Crippen molar-refractivity contribution in [1.82, 2.24) is 4.98 Å². The lowest BCUT2D eigenvalue weighted by atomic mass is 10.1. The average Bonchev–Trinajstić information content (AvgIpc) is 2.32. The standard InChI is InChI=1S/C14H12Cl2N2O/c1-8-4-3-5-11(15)13(8)18-14(19)10-6-9(2)17-12(16)7-10/h3-7H,1-2H3,(H,18,19). The first-order valence-corrected chi connectivity index (χ1v) is 6.43. The minimum absolute atomic E-state index is 0.261. The van der Waals surface area contributed by atoms with Crippen molar-refractivity contribution in [2.24, 2.45) is 0 Å². The summed E-state index contributed by atoms with van der Waals surface area (Å²) in [6.45, 7) is 3.66. The molecule has 0 saturated carbocycles. The van der Waals surface area contributed by atoms with Crippen LogP contribution in [0.5, 0.6) is 0 Å². The summed E-state index contributed by atoms with van der Waals surface area (Å²) < 4.78 is 0. The lowest BCUT2D eigenvalue weighted by Crippen LogP contribution is -2.13. The van der Waals surface area contributed by atoms with Gasteiger partial charge in [0.15, 0.2) is 0 Å². The topological polar surface area (TPSA) is 42.0 Å². The van der Waals surface area contributed by atoms with Gasteiger partial charge in [-0.05, 0) is 37.6 Å². The van der Waals surface area contributed by atoms with E-state index in [0.29, 0.717) is 27.1 Å². The molecule has 2 rings (SSSR count). The minimum Gasteiger partial charge on any atom is -0.320 e.